The second kappa shape index (κ2) is 6.98. The summed E-state index contributed by atoms with van der Waals surface area (Å²) in [5.41, 5.74) is -0.128. The summed E-state index contributed by atoms with van der Waals surface area (Å²) in [5.74, 6) is -1.65. The summed E-state index contributed by atoms with van der Waals surface area (Å²) in [6.45, 7) is -0.539. The molecule has 0 fully saturated rings. The minimum absolute atomic E-state index is 0.0446. The molecule has 0 atom stereocenters. The summed E-state index contributed by atoms with van der Waals surface area (Å²) < 4.78 is 14.2. The van der Waals surface area contributed by atoms with E-state index in [4.69, 9.17) is 14.6 Å². The van der Waals surface area contributed by atoms with E-state index < -0.39 is 24.6 Å². The van der Waals surface area contributed by atoms with Crippen LogP contribution in [-0.2, 0) is 9.53 Å². The van der Waals surface area contributed by atoms with Crippen molar-refractivity contribution in [2.75, 3.05) is 20.8 Å². The molecule has 0 radical (unpaired) electrons. The SMILES string of the molecule is COC(=O)NC(=O)COc1cc(OC)ccc1C(=O)O. The lowest BCUT2D eigenvalue weighted by molar-refractivity contribution is -0.122. The zero-order valence-electron chi connectivity index (χ0n) is 10.8. The number of ether oxygens (including phenoxy) is 3. The van der Waals surface area contributed by atoms with Gasteiger partial charge in [0.05, 0.1) is 14.2 Å². The summed E-state index contributed by atoms with van der Waals surface area (Å²) in [6, 6.07) is 4.06. The predicted octanol–water partition coefficient (Wildman–Crippen LogP) is 0.655. The molecule has 1 aromatic rings. The van der Waals surface area contributed by atoms with Crippen molar-refractivity contribution in [1.82, 2.24) is 5.32 Å². The molecule has 0 bridgehead atoms. The predicted molar refractivity (Wildman–Crippen MR) is 66.0 cm³/mol. The first-order valence-corrected chi connectivity index (χ1v) is 5.40. The average Bonchev–Trinajstić information content (AvgIpc) is 2.44. The maximum absolute atomic E-state index is 11.3. The van der Waals surface area contributed by atoms with E-state index in [0.29, 0.717) is 5.75 Å². The summed E-state index contributed by atoms with van der Waals surface area (Å²) in [4.78, 5) is 33.1. The van der Waals surface area contributed by atoms with Crippen LogP contribution in [0.15, 0.2) is 18.2 Å². The van der Waals surface area contributed by atoms with Gasteiger partial charge in [0.1, 0.15) is 17.1 Å². The van der Waals surface area contributed by atoms with Gasteiger partial charge in [-0.3, -0.25) is 10.1 Å². The number of methoxy groups -OCH3 is 2. The van der Waals surface area contributed by atoms with Crippen molar-refractivity contribution < 1.29 is 33.7 Å². The van der Waals surface area contributed by atoms with E-state index in [-0.39, 0.29) is 11.3 Å². The molecule has 2 N–H and O–H groups in total. The Balaban J connectivity index is 2.77. The van der Waals surface area contributed by atoms with Gasteiger partial charge in [0.15, 0.2) is 6.61 Å². The number of rotatable bonds is 5. The largest absolute Gasteiger partial charge is 0.497 e. The van der Waals surface area contributed by atoms with E-state index in [1.54, 1.807) is 0 Å². The highest BCUT2D eigenvalue weighted by Crippen LogP contribution is 2.24. The van der Waals surface area contributed by atoms with Gasteiger partial charge in [-0.2, -0.15) is 0 Å². The van der Waals surface area contributed by atoms with Crippen molar-refractivity contribution in [3.63, 3.8) is 0 Å². The lowest BCUT2D eigenvalue weighted by Gasteiger charge is -2.10. The number of amides is 2. The van der Waals surface area contributed by atoms with Gasteiger partial charge >= 0.3 is 12.1 Å². The average molecular weight is 283 g/mol. The Morgan fingerprint density at radius 1 is 1.25 bits per heavy atom. The first kappa shape index (κ1) is 15.3. The molecule has 1 rings (SSSR count). The van der Waals surface area contributed by atoms with Gasteiger partial charge < -0.3 is 19.3 Å². The molecular weight excluding hydrogens is 270 g/mol. The monoisotopic (exact) mass is 283 g/mol. The van der Waals surface area contributed by atoms with Crippen LogP contribution in [0.4, 0.5) is 4.79 Å². The minimum Gasteiger partial charge on any atom is -0.497 e. The summed E-state index contributed by atoms with van der Waals surface area (Å²) in [5, 5.41) is 10.9. The highest BCUT2D eigenvalue weighted by molar-refractivity contribution is 5.93. The molecule has 0 heterocycles. The number of nitrogens with one attached hydrogen (secondary N) is 1. The number of carbonyl (C=O) groups excluding carboxylic acids is 2. The highest BCUT2D eigenvalue weighted by atomic mass is 16.5. The molecule has 0 spiro atoms. The van der Waals surface area contributed by atoms with E-state index >= 15 is 0 Å². The maximum atomic E-state index is 11.3. The van der Waals surface area contributed by atoms with Gasteiger partial charge in [0, 0.05) is 6.07 Å². The normalized spacial score (nSPS) is 9.50. The fourth-order valence-electron chi connectivity index (χ4n) is 1.27. The van der Waals surface area contributed by atoms with Crippen LogP contribution in [0.25, 0.3) is 0 Å². The zero-order valence-corrected chi connectivity index (χ0v) is 10.8. The fraction of sp³-hybridized carbons (Fsp3) is 0.250. The van der Waals surface area contributed by atoms with Crippen LogP contribution in [0.3, 0.4) is 0 Å². The molecule has 0 saturated heterocycles. The highest BCUT2D eigenvalue weighted by Gasteiger charge is 2.15. The molecule has 0 aliphatic rings. The van der Waals surface area contributed by atoms with Gasteiger partial charge in [0.25, 0.3) is 5.91 Å². The summed E-state index contributed by atoms with van der Waals surface area (Å²) in [6.07, 6.45) is -0.928. The van der Waals surface area contributed by atoms with Crippen LogP contribution in [0, 0.1) is 0 Å². The second-order valence-electron chi connectivity index (χ2n) is 3.50. The Kier molecular flexibility index (Phi) is 5.33. The Bertz CT molecular complexity index is 527. The summed E-state index contributed by atoms with van der Waals surface area (Å²) >= 11 is 0. The Morgan fingerprint density at radius 3 is 2.50 bits per heavy atom. The lowest BCUT2D eigenvalue weighted by Crippen LogP contribution is -2.34. The molecule has 108 valence electrons. The molecule has 0 unspecified atom stereocenters. The molecule has 1 aromatic carbocycles. The second-order valence-corrected chi connectivity index (χ2v) is 3.50. The standard InChI is InChI=1S/C12H13NO7/c1-18-7-3-4-8(11(15)16)9(5-7)20-6-10(14)13-12(17)19-2/h3-5H,6H2,1-2H3,(H,15,16)(H,13,14,17). The van der Waals surface area contributed by atoms with Gasteiger partial charge in [0.2, 0.25) is 0 Å². The van der Waals surface area contributed by atoms with Crippen molar-refractivity contribution in [3.05, 3.63) is 23.8 Å². The zero-order chi connectivity index (χ0) is 15.1. The molecule has 0 aliphatic carbocycles. The first-order chi connectivity index (χ1) is 9.47. The van der Waals surface area contributed by atoms with Crippen LogP contribution in [-0.4, -0.2) is 43.9 Å². The number of benzene rings is 1. The Labute approximate surface area is 114 Å². The van der Waals surface area contributed by atoms with E-state index in [1.807, 2.05) is 5.32 Å². The van der Waals surface area contributed by atoms with Crippen molar-refractivity contribution in [3.8, 4) is 11.5 Å². The van der Waals surface area contributed by atoms with Crippen LogP contribution < -0.4 is 14.8 Å². The maximum Gasteiger partial charge on any atom is 0.413 e. The molecule has 20 heavy (non-hydrogen) atoms. The molecule has 0 aliphatic heterocycles. The number of carboxylic acid groups (broad SMARTS) is 1. The number of aromatic carboxylic acids is 1. The number of imide groups is 1. The smallest absolute Gasteiger partial charge is 0.413 e. The van der Waals surface area contributed by atoms with Crippen LogP contribution in [0.2, 0.25) is 0 Å². The van der Waals surface area contributed by atoms with Crippen molar-refractivity contribution in [2.45, 2.75) is 0 Å². The third kappa shape index (κ3) is 4.16. The van der Waals surface area contributed by atoms with E-state index in [0.717, 1.165) is 7.11 Å². The number of hydrogen-bond donors (Lipinski definition) is 2. The Morgan fingerprint density at radius 2 is 1.95 bits per heavy atom. The van der Waals surface area contributed by atoms with E-state index in [1.165, 1.54) is 25.3 Å². The minimum atomic E-state index is -1.21. The third-order valence-electron chi connectivity index (χ3n) is 2.20. The van der Waals surface area contributed by atoms with Gasteiger partial charge in [-0.15, -0.1) is 0 Å². The van der Waals surface area contributed by atoms with Crippen molar-refractivity contribution >= 4 is 18.0 Å². The first-order valence-electron chi connectivity index (χ1n) is 5.40. The van der Waals surface area contributed by atoms with Crippen molar-refractivity contribution in [2.24, 2.45) is 0 Å². The number of carbonyl (C=O) groups is 3. The third-order valence-corrected chi connectivity index (χ3v) is 2.20. The molecule has 8 heteroatoms. The van der Waals surface area contributed by atoms with Crippen LogP contribution in [0.5, 0.6) is 11.5 Å². The van der Waals surface area contributed by atoms with Crippen LogP contribution >= 0.6 is 0 Å². The molecule has 2 amide bonds. The fourth-order valence-corrected chi connectivity index (χ4v) is 1.27. The Hall–Kier alpha value is -2.77. The van der Waals surface area contributed by atoms with E-state index in [9.17, 15) is 14.4 Å². The van der Waals surface area contributed by atoms with Gasteiger partial charge in [-0.1, -0.05) is 0 Å². The van der Waals surface area contributed by atoms with Crippen molar-refractivity contribution in [1.29, 1.82) is 0 Å². The topological polar surface area (TPSA) is 111 Å². The summed E-state index contributed by atoms with van der Waals surface area (Å²) in [7, 11) is 2.51. The van der Waals surface area contributed by atoms with Gasteiger partial charge in [-0.25, -0.2) is 9.59 Å². The number of alkyl carbamates (subject to hydrolysis) is 1. The molecule has 8 nitrogen and oxygen atoms in total. The molecular formula is C12H13NO7. The van der Waals surface area contributed by atoms with Crippen LogP contribution in [0.1, 0.15) is 10.4 Å². The van der Waals surface area contributed by atoms with Gasteiger partial charge in [-0.05, 0) is 12.1 Å². The quantitative estimate of drug-likeness (QED) is 0.816. The van der Waals surface area contributed by atoms with E-state index in [2.05, 4.69) is 4.74 Å². The number of hydrogen-bond acceptors (Lipinski definition) is 6. The number of carboxylic acids is 1. The molecule has 0 aromatic heterocycles. The molecule has 0 saturated carbocycles. The lowest BCUT2D eigenvalue weighted by atomic mass is 10.2.